The molecule has 1 unspecified atom stereocenters. The van der Waals surface area contributed by atoms with Crippen LogP contribution in [0.1, 0.15) is 46.5 Å². The second-order valence-corrected chi connectivity index (χ2v) is 4.27. The first-order valence-electron chi connectivity index (χ1n) is 5.46. The predicted molar refractivity (Wildman–Crippen MR) is 57.8 cm³/mol. The third kappa shape index (κ3) is 11.9. The summed E-state index contributed by atoms with van der Waals surface area (Å²) < 4.78 is 5.48. The van der Waals surface area contributed by atoms with Gasteiger partial charge in [0.15, 0.2) is 0 Å². The number of ether oxygens (including phenoxy) is 1. The summed E-state index contributed by atoms with van der Waals surface area (Å²) in [6.45, 7) is 8.32. The van der Waals surface area contributed by atoms with Crippen molar-refractivity contribution in [2.45, 2.75) is 52.5 Å². The third-order valence-corrected chi connectivity index (χ3v) is 2.02. The molecule has 0 saturated carbocycles. The van der Waals surface area contributed by atoms with Crippen LogP contribution in [0.15, 0.2) is 0 Å². The van der Waals surface area contributed by atoms with Crippen LogP contribution in [0.25, 0.3) is 0 Å². The van der Waals surface area contributed by atoms with Crippen LogP contribution in [-0.4, -0.2) is 19.3 Å². The summed E-state index contributed by atoms with van der Waals surface area (Å²) in [5.41, 5.74) is 5.62. The molecule has 0 bridgehead atoms. The molecule has 0 saturated heterocycles. The molecule has 0 spiro atoms. The number of rotatable bonds is 8. The average Bonchev–Trinajstić information content (AvgIpc) is 2.01. The van der Waals surface area contributed by atoms with Crippen LogP contribution >= 0.6 is 0 Å². The van der Waals surface area contributed by atoms with Gasteiger partial charge in [0.1, 0.15) is 0 Å². The van der Waals surface area contributed by atoms with E-state index in [1.54, 1.807) is 0 Å². The van der Waals surface area contributed by atoms with Gasteiger partial charge in [-0.3, -0.25) is 0 Å². The van der Waals surface area contributed by atoms with Crippen LogP contribution in [0, 0.1) is 5.92 Å². The van der Waals surface area contributed by atoms with Gasteiger partial charge in [-0.25, -0.2) is 0 Å². The van der Waals surface area contributed by atoms with Gasteiger partial charge in [0.05, 0.1) is 0 Å². The summed E-state index contributed by atoms with van der Waals surface area (Å²) >= 11 is 0. The molecule has 2 N–H and O–H groups in total. The Morgan fingerprint density at radius 3 is 2.00 bits per heavy atom. The molecule has 2 nitrogen and oxygen atoms in total. The highest BCUT2D eigenvalue weighted by molar-refractivity contribution is 4.52. The van der Waals surface area contributed by atoms with Crippen molar-refractivity contribution in [1.29, 1.82) is 0 Å². The van der Waals surface area contributed by atoms with Gasteiger partial charge in [-0.2, -0.15) is 0 Å². The van der Waals surface area contributed by atoms with Crippen LogP contribution in [-0.2, 0) is 4.74 Å². The summed E-state index contributed by atoms with van der Waals surface area (Å²) in [4.78, 5) is 0. The standard InChI is InChI=1S/C11H25NO/c1-10(2)6-4-8-13-9-5-7-11(3)12/h10-11H,4-9,12H2,1-3H3. The van der Waals surface area contributed by atoms with Crippen molar-refractivity contribution in [2.75, 3.05) is 13.2 Å². The van der Waals surface area contributed by atoms with E-state index in [9.17, 15) is 0 Å². The molecular formula is C11H25NO. The predicted octanol–water partition coefficient (Wildman–Crippen LogP) is 2.57. The van der Waals surface area contributed by atoms with E-state index in [2.05, 4.69) is 13.8 Å². The van der Waals surface area contributed by atoms with E-state index in [4.69, 9.17) is 10.5 Å². The van der Waals surface area contributed by atoms with Crippen molar-refractivity contribution in [2.24, 2.45) is 11.7 Å². The quantitative estimate of drug-likeness (QED) is 0.593. The second-order valence-electron chi connectivity index (χ2n) is 4.27. The lowest BCUT2D eigenvalue weighted by molar-refractivity contribution is 0.123. The van der Waals surface area contributed by atoms with Crippen molar-refractivity contribution in [3.05, 3.63) is 0 Å². The molecule has 80 valence electrons. The minimum atomic E-state index is 0.319. The highest BCUT2D eigenvalue weighted by Crippen LogP contribution is 2.03. The summed E-state index contributed by atoms with van der Waals surface area (Å²) in [7, 11) is 0. The highest BCUT2D eigenvalue weighted by atomic mass is 16.5. The first-order chi connectivity index (χ1) is 6.13. The number of hydrogen-bond acceptors (Lipinski definition) is 2. The monoisotopic (exact) mass is 187 g/mol. The Hall–Kier alpha value is -0.0800. The van der Waals surface area contributed by atoms with Crippen LogP contribution in [0.5, 0.6) is 0 Å². The molecule has 2 heteroatoms. The van der Waals surface area contributed by atoms with Gasteiger partial charge in [-0.15, -0.1) is 0 Å². The Balaban J connectivity index is 2.92. The van der Waals surface area contributed by atoms with Gasteiger partial charge in [0.2, 0.25) is 0 Å². The van der Waals surface area contributed by atoms with Crippen molar-refractivity contribution in [1.82, 2.24) is 0 Å². The fourth-order valence-electron chi connectivity index (χ4n) is 1.20. The van der Waals surface area contributed by atoms with E-state index in [0.717, 1.165) is 32.0 Å². The molecule has 0 fully saturated rings. The smallest absolute Gasteiger partial charge is 0.0466 e. The van der Waals surface area contributed by atoms with E-state index in [1.165, 1.54) is 12.8 Å². The maximum atomic E-state index is 5.62. The molecule has 0 aliphatic heterocycles. The van der Waals surface area contributed by atoms with Gasteiger partial charge in [-0.1, -0.05) is 13.8 Å². The van der Waals surface area contributed by atoms with Crippen LogP contribution in [0.4, 0.5) is 0 Å². The minimum absolute atomic E-state index is 0.319. The summed E-state index contributed by atoms with van der Waals surface area (Å²) in [5, 5.41) is 0. The molecule has 0 aromatic rings. The van der Waals surface area contributed by atoms with E-state index in [0.29, 0.717) is 6.04 Å². The largest absolute Gasteiger partial charge is 0.381 e. The zero-order valence-electron chi connectivity index (χ0n) is 9.38. The van der Waals surface area contributed by atoms with E-state index in [1.807, 2.05) is 6.92 Å². The van der Waals surface area contributed by atoms with E-state index >= 15 is 0 Å². The van der Waals surface area contributed by atoms with Gasteiger partial charge in [0, 0.05) is 19.3 Å². The molecule has 0 aliphatic carbocycles. The SMILES string of the molecule is CC(C)CCCOCCCC(C)N. The van der Waals surface area contributed by atoms with Crippen molar-refractivity contribution < 1.29 is 4.74 Å². The molecule has 0 aromatic heterocycles. The molecule has 0 rings (SSSR count). The molecule has 13 heavy (non-hydrogen) atoms. The molecule has 1 atom stereocenters. The molecule has 0 aliphatic rings. The first kappa shape index (κ1) is 12.9. The van der Waals surface area contributed by atoms with E-state index < -0.39 is 0 Å². The van der Waals surface area contributed by atoms with Gasteiger partial charge in [-0.05, 0) is 38.5 Å². The van der Waals surface area contributed by atoms with Crippen LogP contribution < -0.4 is 5.73 Å². The Labute approximate surface area is 82.8 Å². The lowest BCUT2D eigenvalue weighted by Crippen LogP contribution is -2.15. The lowest BCUT2D eigenvalue weighted by atomic mass is 10.1. The summed E-state index contributed by atoms with van der Waals surface area (Å²) in [6.07, 6.45) is 4.63. The van der Waals surface area contributed by atoms with E-state index in [-0.39, 0.29) is 0 Å². The molecule has 0 radical (unpaired) electrons. The van der Waals surface area contributed by atoms with Crippen molar-refractivity contribution >= 4 is 0 Å². The second kappa shape index (κ2) is 8.52. The number of nitrogens with two attached hydrogens (primary N) is 1. The summed E-state index contributed by atoms with van der Waals surface area (Å²) in [5.74, 6) is 0.799. The first-order valence-corrected chi connectivity index (χ1v) is 5.46. The third-order valence-electron chi connectivity index (χ3n) is 2.02. The van der Waals surface area contributed by atoms with Crippen LogP contribution in [0.2, 0.25) is 0 Å². The Bertz CT molecular complexity index is 90.3. The Morgan fingerprint density at radius 2 is 1.54 bits per heavy atom. The topological polar surface area (TPSA) is 35.2 Å². The maximum Gasteiger partial charge on any atom is 0.0466 e. The Morgan fingerprint density at radius 1 is 1.00 bits per heavy atom. The molecular weight excluding hydrogens is 162 g/mol. The Kier molecular flexibility index (Phi) is 8.46. The maximum absolute atomic E-state index is 5.62. The summed E-state index contributed by atoms with van der Waals surface area (Å²) in [6, 6.07) is 0.319. The molecule has 0 amide bonds. The molecule has 0 aromatic carbocycles. The average molecular weight is 187 g/mol. The van der Waals surface area contributed by atoms with Crippen LogP contribution in [0.3, 0.4) is 0 Å². The minimum Gasteiger partial charge on any atom is -0.381 e. The molecule has 0 heterocycles. The van der Waals surface area contributed by atoms with Crippen molar-refractivity contribution in [3.63, 3.8) is 0 Å². The normalized spacial score (nSPS) is 13.6. The lowest BCUT2D eigenvalue weighted by Gasteiger charge is -2.07. The van der Waals surface area contributed by atoms with Gasteiger partial charge < -0.3 is 10.5 Å². The number of hydrogen-bond donors (Lipinski definition) is 1. The van der Waals surface area contributed by atoms with Crippen molar-refractivity contribution in [3.8, 4) is 0 Å². The fourth-order valence-corrected chi connectivity index (χ4v) is 1.20. The highest BCUT2D eigenvalue weighted by Gasteiger charge is 1.95. The van der Waals surface area contributed by atoms with Gasteiger partial charge in [0.25, 0.3) is 0 Å². The zero-order valence-corrected chi connectivity index (χ0v) is 9.38. The van der Waals surface area contributed by atoms with Gasteiger partial charge >= 0.3 is 0 Å². The fraction of sp³-hybridized carbons (Fsp3) is 1.00. The zero-order chi connectivity index (χ0) is 10.1.